The Morgan fingerprint density at radius 1 is 1.43 bits per heavy atom. The highest BCUT2D eigenvalue weighted by atomic mass is 19.4. The van der Waals surface area contributed by atoms with Crippen molar-refractivity contribution in [3.63, 3.8) is 0 Å². The van der Waals surface area contributed by atoms with Gasteiger partial charge in [0.2, 0.25) is 0 Å². The number of halogens is 3. The third-order valence-corrected chi connectivity index (χ3v) is 3.46. The molecule has 5 nitrogen and oxygen atoms in total. The lowest BCUT2D eigenvalue weighted by molar-refractivity contribution is -0.115. The van der Waals surface area contributed by atoms with Crippen molar-refractivity contribution in [3.05, 3.63) is 23.5 Å². The van der Waals surface area contributed by atoms with Crippen LogP contribution in [0.5, 0.6) is 0 Å². The average Bonchev–Trinajstić information content (AvgIpc) is 3.02. The zero-order chi connectivity index (χ0) is 15.0. The number of hydrogen-bond acceptors (Lipinski definition) is 4. The predicted octanol–water partition coefficient (Wildman–Crippen LogP) is 2.44. The van der Waals surface area contributed by atoms with Crippen molar-refractivity contribution in [3.8, 4) is 0 Å². The normalized spacial score (nSPS) is 19.3. The molecule has 0 saturated carbocycles. The standard InChI is InChI=1S/C13H16F3N5/c1-8-5-11(18-7-13(14,15)16)21-12(19-8)6-10(20-21)9-3-2-4-17-9/h5-6,9,17-18H,2-4,7H2,1H3. The molecule has 1 atom stereocenters. The zero-order valence-electron chi connectivity index (χ0n) is 11.5. The summed E-state index contributed by atoms with van der Waals surface area (Å²) in [5, 5.41) is 10.1. The van der Waals surface area contributed by atoms with Crippen LogP contribution in [-0.4, -0.2) is 33.9 Å². The number of nitrogens with one attached hydrogen (secondary N) is 2. The minimum absolute atomic E-state index is 0.155. The number of rotatable bonds is 3. The molecule has 1 aliphatic rings. The Hall–Kier alpha value is -1.83. The molecule has 0 spiro atoms. The van der Waals surface area contributed by atoms with Crippen LogP contribution in [0.4, 0.5) is 19.0 Å². The molecule has 21 heavy (non-hydrogen) atoms. The van der Waals surface area contributed by atoms with Gasteiger partial charge in [-0.05, 0) is 26.3 Å². The number of aromatic nitrogens is 3. The van der Waals surface area contributed by atoms with Gasteiger partial charge in [0.05, 0.1) is 11.7 Å². The van der Waals surface area contributed by atoms with Crippen LogP contribution in [0.3, 0.4) is 0 Å². The van der Waals surface area contributed by atoms with Gasteiger partial charge in [0.1, 0.15) is 12.4 Å². The third-order valence-electron chi connectivity index (χ3n) is 3.46. The number of fused-ring (bicyclic) bond motifs is 1. The molecule has 8 heteroatoms. The van der Waals surface area contributed by atoms with Crippen LogP contribution in [0.2, 0.25) is 0 Å². The van der Waals surface area contributed by atoms with Gasteiger partial charge in [-0.1, -0.05) is 0 Å². The van der Waals surface area contributed by atoms with E-state index in [9.17, 15) is 13.2 Å². The summed E-state index contributed by atoms with van der Waals surface area (Å²) in [6.45, 7) is 1.59. The largest absolute Gasteiger partial charge is 0.405 e. The van der Waals surface area contributed by atoms with E-state index in [0.29, 0.717) is 17.2 Å². The molecule has 0 amide bonds. The SMILES string of the molecule is Cc1cc(NCC(F)(F)F)n2nc(C3CCCN3)cc2n1. The molecule has 1 saturated heterocycles. The second kappa shape index (κ2) is 5.18. The fourth-order valence-electron chi connectivity index (χ4n) is 2.54. The average molecular weight is 299 g/mol. The first kappa shape index (κ1) is 14.1. The number of anilines is 1. The quantitative estimate of drug-likeness (QED) is 0.914. The Bertz CT molecular complexity index is 643. The Morgan fingerprint density at radius 3 is 2.90 bits per heavy atom. The molecule has 0 radical (unpaired) electrons. The second-order valence-electron chi connectivity index (χ2n) is 5.24. The molecule has 1 unspecified atom stereocenters. The lowest BCUT2D eigenvalue weighted by Gasteiger charge is -2.11. The van der Waals surface area contributed by atoms with Crippen molar-refractivity contribution in [2.24, 2.45) is 0 Å². The van der Waals surface area contributed by atoms with E-state index in [2.05, 4.69) is 20.7 Å². The molecule has 114 valence electrons. The Kier molecular flexibility index (Phi) is 3.48. The molecule has 1 fully saturated rings. The van der Waals surface area contributed by atoms with Crippen molar-refractivity contribution in [2.75, 3.05) is 18.4 Å². The van der Waals surface area contributed by atoms with Gasteiger partial charge in [0.25, 0.3) is 0 Å². The van der Waals surface area contributed by atoms with Gasteiger partial charge in [0, 0.05) is 17.8 Å². The molecule has 1 aliphatic heterocycles. The van der Waals surface area contributed by atoms with E-state index in [4.69, 9.17) is 0 Å². The molecular formula is C13H16F3N5. The fourth-order valence-corrected chi connectivity index (χ4v) is 2.54. The Morgan fingerprint density at radius 2 is 2.24 bits per heavy atom. The van der Waals surface area contributed by atoms with Gasteiger partial charge in [-0.25, -0.2) is 4.98 Å². The van der Waals surface area contributed by atoms with Gasteiger partial charge in [0.15, 0.2) is 5.65 Å². The first-order valence-corrected chi connectivity index (χ1v) is 6.84. The van der Waals surface area contributed by atoms with Crippen molar-refractivity contribution in [2.45, 2.75) is 32.0 Å². The van der Waals surface area contributed by atoms with E-state index in [1.165, 1.54) is 4.52 Å². The summed E-state index contributed by atoms with van der Waals surface area (Å²) in [6, 6.07) is 3.55. The van der Waals surface area contributed by atoms with E-state index in [1.807, 2.05) is 6.07 Å². The van der Waals surface area contributed by atoms with Crippen LogP contribution in [0.15, 0.2) is 12.1 Å². The zero-order valence-corrected chi connectivity index (χ0v) is 11.5. The van der Waals surface area contributed by atoms with E-state index in [-0.39, 0.29) is 6.04 Å². The topological polar surface area (TPSA) is 54.2 Å². The molecule has 0 aliphatic carbocycles. The molecule has 0 aromatic carbocycles. The summed E-state index contributed by atoms with van der Waals surface area (Å²) < 4.78 is 38.6. The van der Waals surface area contributed by atoms with Crippen LogP contribution >= 0.6 is 0 Å². The number of nitrogens with zero attached hydrogens (tertiary/aromatic N) is 3. The van der Waals surface area contributed by atoms with Crippen LogP contribution in [-0.2, 0) is 0 Å². The van der Waals surface area contributed by atoms with Gasteiger partial charge >= 0.3 is 6.18 Å². The number of aryl methyl sites for hydroxylation is 1. The van der Waals surface area contributed by atoms with Gasteiger partial charge in [-0.15, -0.1) is 0 Å². The monoisotopic (exact) mass is 299 g/mol. The highest BCUT2D eigenvalue weighted by Crippen LogP contribution is 2.24. The van der Waals surface area contributed by atoms with Gasteiger partial charge < -0.3 is 10.6 Å². The molecule has 2 aromatic rings. The minimum Gasteiger partial charge on any atom is -0.361 e. The first-order chi connectivity index (χ1) is 9.92. The number of hydrogen-bond donors (Lipinski definition) is 2. The summed E-state index contributed by atoms with van der Waals surface area (Å²) in [5.74, 6) is 0.305. The smallest absolute Gasteiger partial charge is 0.361 e. The summed E-state index contributed by atoms with van der Waals surface area (Å²) in [5.41, 5.74) is 2.03. The summed E-state index contributed by atoms with van der Waals surface area (Å²) in [6.07, 6.45) is -2.22. The summed E-state index contributed by atoms with van der Waals surface area (Å²) in [7, 11) is 0. The Balaban J connectivity index is 1.94. The van der Waals surface area contributed by atoms with Crippen molar-refractivity contribution >= 4 is 11.5 Å². The minimum atomic E-state index is -4.27. The molecule has 3 rings (SSSR count). The van der Waals surface area contributed by atoms with Crippen LogP contribution in [0.1, 0.15) is 30.3 Å². The maximum Gasteiger partial charge on any atom is 0.405 e. The van der Waals surface area contributed by atoms with Gasteiger partial charge in [-0.2, -0.15) is 22.8 Å². The highest BCUT2D eigenvalue weighted by molar-refractivity contribution is 5.51. The number of alkyl halides is 3. The summed E-state index contributed by atoms with van der Waals surface area (Å²) >= 11 is 0. The third kappa shape index (κ3) is 3.10. The van der Waals surface area contributed by atoms with Crippen molar-refractivity contribution in [1.82, 2.24) is 19.9 Å². The molecule has 3 heterocycles. The highest BCUT2D eigenvalue weighted by Gasteiger charge is 2.27. The molecule has 0 bridgehead atoms. The lowest BCUT2D eigenvalue weighted by Crippen LogP contribution is -2.22. The fraction of sp³-hybridized carbons (Fsp3) is 0.538. The van der Waals surface area contributed by atoms with E-state index in [1.54, 1.807) is 13.0 Å². The maximum atomic E-state index is 12.4. The van der Waals surface area contributed by atoms with E-state index >= 15 is 0 Å². The van der Waals surface area contributed by atoms with Crippen LogP contribution in [0.25, 0.3) is 5.65 Å². The molecule has 2 N–H and O–H groups in total. The van der Waals surface area contributed by atoms with Crippen molar-refractivity contribution in [1.29, 1.82) is 0 Å². The second-order valence-corrected chi connectivity index (χ2v) is 5.24. The van der Waals surface area contributed by atoms with Crippen LogP contribution < -0.4 is 10.6 Å². The first-order valence-electron chi connectivity index (χ1n) is 6.84. The molecule has 2 aromatic heterocycles. The van der Waals surface area contributed by atoms with Crippen LogP contribution in [0, 0.1) is 6.92 Å². The lowest BCUT2D eigenvalue weighted by atomic mass is 10.2. The van der Waals surface area contributed by atoms with Crippen molar-refractivity contribution < 1.29 is 13.2 Å². The maximum absolute atomic E-state index is 12.4. The summed E-state index contributed by atoms with van der Waals surface area (Å²) in [4.78, 5) is 4.32. The van der Waals surface area contributed by atoms with E-state index in [0.717, 1.165) is 25.1 Å². The van der Waals surface area contributed by atoms with E-state index < -0.39 is 12.7 Å². The Labute approximate surface area is 119 Å². The van der Waals surface area contributed by atoms with Gasteiger partial charge in [-0.3, -0.25) is 0 Å². The predicted molar refractivity (Wildman–Crippen MR) is 72.2 cm³/mol. The molecular weight excluding hydrogens is 283 g/mol.